The number of hydrogen-bond donors (Lipinski definition) is 1. The van der Waals surface area contributed by atoms with Gasteiger partial charge in [0.25, 0.3) is 6.02 Å². The van der Waals surface area contributed by atoms with Gasteiger partial charge in [0.2, 0.25) is 5.79 Å². The second kappa shape index (κ2) is 17.4. The van der Waals surface area contributed by atoms with Gasteiger partial charge in [0.1, 0.15) is 37.7 Å². The van der Waals surface area contributed by atoms with Crippen molar-refractivity contribution in [2.75, 3.05) is 75.5 Å². The number of aliphatic imine (C=N–C) groups is 1. The maximum absolute atomic E-state index is 7.57. The van der Waals surface area contributed by atoms with Crippen molar-refractivity contribution in [3.63, 3.8) is 0 Å². The van der Waals surface area contributed by atoms with E-state index in [0.29, 0.717) is 28.8 Å². The smallest absolute Gasteiger partial charge is 0.292 e. The zero-order valence-electron chi connectivity index (χ0n) is 29.0. The van der Waals surface area contributed by atoms with Crippen LogP contribution in [-0.4, -0.2) is 103 Å². The van der Waals surface area contributed by atoms with Crippen LogP contribution in [0.2, 0.25) is 10.0 Å². The van der Waals surface area contributed by atoms with Gasteiger partial charge in [0.15, 0.2) is 0 Å². The third-order valence-electron chi connectivity index (χ3n) is 8.85. The molecule has 3 saturated heterocycles. The van der Waals surface area contributed by atoms with Crippen molar-refractivity contribution in [3.05, 3.63) is 95.0 Å². The molecule has 4 aromatic rings. The van der Waals surface area contributed by atoms with Crippen molar-refractivity contribution in [3.8, 4) is 5.75 Å². The second-order valence-corrected chi connectivity index (χ2v) is 13.2. The molecule has 0 saturated carbocycles. The molecule has 2 atom stereocenters. The minimum atomic E-state index is -1.15. The molecular weight excluding hydrogens is 693 g/mol. The summed E-state index contributed by atoms with van der Waals surface area (Å²) in [7, 11) is 0. The van der Waals surface area contributed by atoms with Crippen LogP contribution in [0.3, 0.4) is 0 Å². The first-order chi connectivity index (χ1) is 24.9. The lowest BCUT2D eigenvalue weighted by molar-refractivity contribution is -0.190. The third-order valence-corrected chi connectivity index (χ3v) is 9.40. The van der Waals surface area contributed by atoms with Crippen LogP contribution in [0.25, 0.3) is 0 Å². The first-order valence-electron chi connectivity index (χ1n) is 17.4. The van der Waals surface area contributed by atoms with E-state index in [-0.39, 0.29) is 19.3 Å². The number of benzene rings is 3. The van der Waals surface area contributed by atoms with Gasteiger partial charge in [-0.05, 0) is 80.9 Å². The largest absolute Gasteiger partial charge is 0.491 e. The van der Waals surface area contributed by atoms with Crippen LogP contribution in [-0.2, 0) is 26.5 Å². The number of ether oxygens (including phenoxy) is 4. The number of anilines is 2. The molecule has 1 N–H and O–H groups in total. The summed E-state index contributed by atoms with van der Waals surface area (Å²) in [4.78, 5) is 15.8. The van der Waals surface area contributed by atoms with Crippen LogP contribution in [0.1, 0.15) is 25.8 Å². The van der Waals surface area contributed by atoms with E-state index < -0.39 is 5.79 Å². The SMILES string of the molecule is CCN1CCCOC1=Nc1ccc(N2CCN(c3ccc(OCC4COC(Cn5cncn5)(c5ccc(Cl)cc5Cl)O4)cc3)CC2)cc1.CCO. The van der Waals surface area contributed by atoms with E-state index in [4.69, 9.17) is 52.2 Å². The van der Waals surface area contributed by atoms with Crippen LogP contribution >= 0.6 is 23.2 Å². The summed E-state index contributed by atoms with van der Waals surface area (Å²) in [5.41, 5.74) is 3.97. The van der Waals surface area contributed by atoms with E-state index in [2.05, 4.69) is 68.1 Å². The van der Waals surface area contributed by atoms with E-state index in [1.54, 1.807) is 30.1 Å². The highest BCUT2D eigenvalue weighted by molar-refractivity contribution is 6.35. The topological polar surface area (TPSA) is 110 Å². The minimum absolute atomic E-state index is 0.250. The van der Waals surface area contributed by atoms with Crippen LogP contribution in [0.5, 0.6) is 5.75 Å². The third kappa shape index (κ3) is 9.24. The monoisotopic (exact) mass is 737 g/mol. The Morgan fingerprint density at radius 1 is 0.941 bits per heavy atom. The Hall–Kier alpha value is -4.07. The fourth-order valence-electron chi connectivity index (χ4n) is 6.30. The number of rotatable bonds is 10. The lowest BCUT2D eigenvalue weighted by Crippen LogP contribution is -2.46. The Kier molecular flexibility index (Phi) is 12.5. The molecule has 0 spiro atoms. The van der Waals surface area contributed by atoms with Gasteiger partial charge in [0, 0.05) is 67.8 Å². The summed E-state index contributed by atoms with van der Waals surface area (Å²) in [5.74, 6) is -0.379. The maximum atomic E-state index is 7.57. The summed E-state index contributed by atoms with van der Waals surface area (Å²) in [5, 5.41) is 12.8. The molecule has 51 heavy (non-hydrogen) atoms. The fourth-order valence-corrected chi connectivity index (χ4v) is 6.85. The molecule has 0 amide bonds. The zero-order chi connectivity index (χ0) is 35.6. The van der Waals surface area contributed by atoms with Crippen molar-refractivity contribution < 1.29 is 24.1 Å². The molecule has 1 aromatic heterocycles. The van der Waals surface area contributed by atoms with Gasteiger partial charge in [-0.2, -0.15) is 10.1 Å². The predicted octanol–water partition coefficient (Wildman–Crippen LogP) is 5.99. The molecule has 272 valence electrons. The Morgan fingerprint density at radius 3 is 2.25 bits per heavy atom. The van der Waals surface area contributed by atoms with Crippen LogP contribution < -0.4 is 14.5 Å². The highest BCUT2D eigenvalue weighted by Gasteiger charge is 2.45. The molecule has 3 aliphatic rings. The van der Waals surface area contributed by atoms with Gasteiger partial charge in [-0.1, -0.05) is 29.3 Å². The fraction of sp³-hybridized carbons (Fsp3) is 0.432. The summed E-state index contributed by atoms with van der Waals surface area (Å²) < 4.78 is 26.4. The van der Waals surface area contributed by atoms with Crippen molar-refractivity contribution >= 4 is 46.3 Å². The maximum Gasteiger partial charge on any atom is 0.292 e. The molecule has 3 fully saturated rings. The Bertz CT molecular complexity index is 1700. The first-order valence-corrected chi connectivity index (χ1v) is 18.1. The van der Waals surface area contributed by atoms with E-state index in [9.17, 15) is 0 Å². The molecule has 2 unspecified atom stereocenters. The molecule has 0 radical (unpaired) electrons. The van der Waals surface area contributed by atoms with E-state index >= 15 is 0 Å². The molecule has 14 heteroatoms. The second-order valence-electron chi connectivity index (χ2n) is 12.3. The molecular formula is C37H45Cl2N7O5. The number of aliphatic hydroxyl groups is 1. The number of nitrogens with zero attached hydrogens (tertiary/aromatic N) is 7. The quantitative estimate of drug-likeness (QED) is 0.209. The summed E-state index contributed by atoms with van der Waals surface area (Å²) >= 11 is 12.7. The highest BCUT2D eigenvalue weighted by atomic mass is 35.5. The zero-order valence-corrected chi connectivity index (χ0v) is 30.5. The number of piperazine rings is 1. The van der Waals surface area contributed by atoms with Crippen LogP contribution in [0.15, 0.2) is 84.4 Å². The molecule has 3 aliphatic heterocycles. The predicted molar refractivity (Wildman–Crippen MR) is 199 cm³/mol. The van der Waals surface area contributed by atoms with Gasteiger partial charge < -0.3 is 38.8 Å². The van der Waals surface area contributed by atoms with E-state index in [1.807, 2.05) is 18.2 Å². The molecule has 4 heterocycles. The van der Waals surface area contributed by atoms with Gasteiger partial charge in [-0.15, -0.1) is 0 Å². The van der Waals surface area contributed by atoms with Gasteiger partial charge >= 0.3 is 0 Å². The average Bonchev–Trinajstić information content (AvgIpc) is 3.82. The van der Waals surface area contributed by atoms with Crippen LogP contribution in [0, 0.1) is 0 Å². The summed E-state index contributed by atoms with van der Waals surface area (Å²) in [6.45, 7) is 11.3. The first kappa shape index (κ1) is 36.7. The number of amidine groups is 1. The van der Waals surface area contributed by atoms with Crippen molar-refractivity contribution in [1.29, 1.82) is 0 Å². The Labute approximate surface area is 309 Å². The molecule has 12 nitrogen and oxygen atoms in total. The van der Waals surface area contributed by atoms with E-state index in [1.165, 1.54) is 17.7 Å². The number of halogens is 2. The standard InChI is InChI=1S/C35H39Cl2N7O4.C2H6O/c1-2-41-14-3-19-45-34(41)40-27-5-7-28(8-6-27)42-15-17-43(18-16-42)29-9-11-30(12-10-29)46-21-31-22-47-35(48-31,23-44-25-38-24-39-44)32-13-4-26(36)20-33(32)37;1-2-3/h4-13,20,24-25,31H,2-3,14-19,21-23H2,1H3;3H,2H2,1H3. The highest BCUT2D eigenvalue weighted by Crippen LogP contribution is 2.40. The van der Waals surface area contributed by atoms with Crippen molar-refractivity contribution in [1.82, 2.24) is 19.7 Å². The normalized spacial score (nSPS) is 21.3. The number of hydrogen-bond acceptors (Lipinski definition) is 10. The molecule has 0 bridgehead atoms. The van der Waals surface area contributed by atoms with Gasteiger partial charge in [-0.25, -0.2) is 9.67 Å². The van der Waals surface area contributed by atoms with Gasteiger partial charge in [0.05, 0.1) is 23.9 Å². The minimum Gasteiger partial charge on any atom is -0.491 e. The van der Waals surface area contributed by atoms with Crippen molar-refractivity contribution in [2.45, 2.75) is 38.7 Å². The number of aromatic nitrogens is 3. The average molecular weight is 739 g/mol. The Balaban J connectivity index is 0.00000144. The molecule has 7 rings (SSSR count). The van der Waals surface area contributed by atoms with Crippen molar-refractivity contribution in [2.24, 2.45) is 4.99 Å². The lowest BCUT2D eigenvalue weighted by Gasteiger charge is -2.37. The Morgan fingerprint density at radius 2 is 1.63 bits per heavy atom. The molecule has 0 aliphatic carbocycles. The van der Waals surface area contributed by atoms with Gasteiger partial charge in [-0.3, -0.25) is 0 Å². The van der Waals surface area contributed by atoms with Crippen LogP contribution in [0.4, 0.5) is 17.1 Å². The number of aliphatic hydroxyl groups excluding tert-OH is 1. The molecule has 3 aromatic carbocycles. The summed E-state index contributed by atoms with van der Waals surface area (Å²) in [6, 6.07) is 22.7. The lowest BCUT2D eigenvalue weighted by atomic mass is 10.1. The van der Waals surface area contributed by atoms with E-state index in [0.717, 1.165) is 69.8 Å². The summed E-state index contributed by atoms with van der Waals surface area (Å²) in [6.07, 6.45) is 3.81.